The zero-order chi connectivity index (χ0) is 10.8. The normalized spacial score (nSPS) is 11.1. The van der Waals surface area contributed by atoms with E-state index in [4.69, 9.17) is 11.6 Å². The lowest BCUT2D eigenvalue weighted by molar-refractivity contribution is 0.689. The summed E-state index contributed by atoms with van der Waals surface area (Å²) < 4.78 is 3.45. The van der Waals surface area contributed by atoms with Crippen LogP contribution in [0.15, 0.2) is 28.7 Å². The van der Waals surface area contributed by atoms with Crippen molar-refractivity contribution in [1.29, 1.82) is 0 Å². The van der Waals surface area contributed by atoms with Crippen molar-refractivity contribution in [2.75, 3.05) is 5.88 Å². The van der Waals surface area contributed by atoms with Crippen LogP contribution in [-0.4, -0.2) is 10.4 Å². The first-order valence-electron chi connectivity index (χ1n) is 5.04. The summed E-state index contributed by atoms with van der Waals surface area (Å²) in [5, 5.41) is 1.29. The van der Waals surface area contributed by atoms with Gasteiger partial charge >= 0.3 is 0 Å². The van der Waals surface area contributed by atoms with Crippen LogP contribution in [0.1, 0.15) is 12.1 Å². The van der Waals surface area contributed by atoms with Gasteiger partial charge in [0.25, 0.3) is 0 Å². The number of aromatic nitrogens is 1. The molecule has 0 N–H and O–H groups in total. The van der Waals surface area contributed by atoms with Crippen LogP contribution in [0.3, 0.4) is 0 Å². The monoisotopic (exact) mass is 285 g/mol. The Morgan fingerprint density at radius 3 is 2.87 bits per heavy atom. The molecule has 0 radical (unpaired) electrons. The quantitative estimate of drug-likeness (QED) is 0.740. The van der Waals surface area contributed by atoms with E-state index in [1.807, 2.05) is 0 Å². The lowest BCUT2D eigenvalue weighted by Gasteiger charge is -2.06. The van der Waals surface area contributed by atoms with Crippen LogP contribution in [0.5, 0.6) is 0 Å². The smallest absolute Gasteiger partial charge is 0.0483 e. The second-order valence-corrected chi connectivity index (χ2v) is 4.98. The van der Waals surface area contributed by atoms with Gasteiger partial charge in [-0.1, -0.05) is 15.9 Å². The maximum Gasteiger partial charge on any atom is 0.0483 e. The van der Waals surface area contributed by atoms with Crippen LogP contribution in [0, 0.1) is 6.92 Å². The predicted molar refractivity (Wildman–Crippen MR) is 69.7 cm³/mol. The molecule has 0 amide bonds. The fourth-order valence-electron chi connectivity index (χ4n) is 1.89. The van der Waals surface area contributed by atoms with Gasteiger partial charge in [0.05, 0.1) is 0 Å². The minimum Gasteiger partial charge on any atom is -0.345 e. The summed E-state index contributed by atoms with van der Waals surface area (Å²) >= 11 is 9.21. The van der Waals surface area contributed by atoms with Gasteiger partial charge in [-0.05, 0) is 37.6 Å². The van der Waals surface area contributed by atoms with Crippen molar-refractivity contribution in [3.63, 3.8) is 0 Å². The number of nitrogens with zero attached hydrogens (tertiary/aromatic N) is 1. The first kappa shape index (κ1) is 11.0. The molecule has 0 aliphatic heterocycles. The van der Waals surface area contributed by atoms with E-state index in [-0.39, 0.29) is 0 Å². The topological polar surface area (TPSA) is 4.93 Å². The summed E-state index contributed by atoms with van der Waals surface area (Å²) in [5.41, 5.74) is 2.59. The van der Waals surface area contributed by atoms with Gasteiger partial charge in [-0.3, -0.25) is 0 Å². The van der Waals surface area contributed by atoms with E-state index >= 15 is 0 Å². The molecule has 0 spiro atoms. The lowest BCUT2D eigenvalue weighted by atomic mass is 10.2. The number of benzene rings is 1. The number of alkyl halides is 1. The minimum atomic E-state index is 0.718. The molecular formula is C12H13BrClN. The van der Waals surface area contributed by atoms with Crippen LogP contribution < -0.4 is 0 Å². The Balaban J connectivity index is 2.48. The Bertz CT molecular complexity index is 476. The number of fused-ring (bicyclic) bond motifs is 1. The second-order valence-electron chi connectivity index (χ2n) is 3.68. The average molecular weight is 287 g/mol. The number of rotatable bonds is 3. The van der Waals surface area contributed by atoms with Gasteiger partial charge in [-0.2, -0.15) is 0 Å². The van der Waals surface area contributed by atoms with Crippen molar-refractivity contribution >= 4 is 38.4 Å². The standard InChI is InChI=1S/C12H13BrClN/c1-9-7-10-8-11(13)3-4-12(10)15(9)6-2-5-14/h3-4,7-8H,2,5-6H2,1H3. The maximum atomic E-state index is 5.73. The van der Waals surface area contributed by atoms with Crippen molar-refractivity contribution in [2.45, 2.75) is 19.9 Å². The highest BCUT2D eigenvalue weighted by Gasteiger charge is 2.04. The summed E-state index contributed by atoms with van der Waals surface area (Å²) in [6, 6.07) is 8.60. The van der Waals surface area contributed by atoms with Crippen LogP contribution in [-0.2, 0) is 6.54 Å². The lowest BCUT2D eigenvalue weighted by Crippen LogP contribution is -2.00. The van der Waals surface area contributed by atoms with Gasteiger partial charge in [-0.15, -0.1) is 11.6 Å². The van der Waals surface area contributed by atoms with Gasteiger partial charge in [0, 0.05) is 33.5 Å². The molecule has 80 valence electrons. The highest BCUT2D eigenvalue weighted by molar-refractivity contribution is 9.10. The molecule has 2 aromatic rings. The molecule has 0 saturated heterocycles. The van der Waals surface area contributed by atoms with Gasteiger partial charge < -0.3 is 4.57 Å². The van der Waals surface area contributed by atoms with E-state index in [1.165, 1.54) is 16.6 Å². The second kappa shape index (κ2) is 4.58. The Morgan fingerprint density at radius 1 is 1.33 bits per heavy atom. The van der Waals surface area contributed by atoms with Crippen LogP contribution in [0.25, 0.3) is 10.9 Å². The van der Waals surface area contributed by atoms with Gasteiger partial charge in [-0.25, -0.2) is 0 Å². The van der Waals surface area contributed by atoms with E-state index in [2.05, 4.69) is 51.7 Å². The van der Waals surface area contributed by atoms with E-state index in [9.17, 15) is 0 Å². The zero-order valence-electron chi connectivity index (χ0n) is 8.63. The third-order valence-electron chi connectivity index (χ3n) is 2.59. The van der Waals surface area contributed by atoms with Crippen LogP contribution >= 0.6 is 27.5 Å². The molecule has 0 aliphatic carbocycles. The Kier molecular flexibility index (Phi) is 3.37. The average Bonchev–Trinajstić information content (AvgIpc) is 2.50. The number of aryl methyl sites for hydroxylation is 2. The zero-order valence-corrected chi connectivity index (χ0v) is 11.0. The molecule has 0 aliphatic rings. The maximum absolute atomic E-state index is 5.73. The first-order valence-corrected chi connectivity index (χ1v) is 6.36. The predicted octanol–water partition coefficient (Wildman–Crippen LogP) is 4.34. The highest BCUT2D eigenvalue weighted by atomic mass is 79.9. The fraction of sp³-hybridized carbons (Fsp3) is 0.333. The molecule has 1 heterocycles. The summed E-state index contributed by atoms with van der Waals surface area (Å²) in [6.07, 6.45) is 1.02. The molecule has 1 aromatic carbocycles. The first-order chi connectivity index (χ1) is 7.22. The molecular weight excluding hydrogens is 273 g/mol. The molecule has 0 bridgehead atoms. The largest absolute Gasteiger partial charge is 0.345 e. The minimum absolute atomic E-state index is 0.718. The van der Waals surface area contributed by atoms with Crippen molar-refractivity contribution in [1.82, 2.24) is 4.57 Å². The Labute approximate surface area is 103 Å². The highest BCUT2D eigenvalue weighted by Crippen LogP contribution is 2.23. The molecule has 1 aromatic heterocycles. The molecule has 2 rings (SSSR count). The van der Waals surface area contributed by atoms with Crippen molar-refractivity contribution in [2.24, 2.45) is 0 Å². The van der Waals surface area contributed by atoms with Gasteiger partial charge in [0.15, 0.2) is 0 Å². The van der Waals surface area contributed by atoms with E-state index in [0.717, 1.165) is 23.3 Å². The van der Waals surface area contributed by atoms with Gasteiger partial charge in [0.1, 0.15) is 0 Å². The third kappa shape index (κ3) is 2.21. The van der Waals surface area contributed by atoms with E-state index in [1.54, 1.807) is 0 Å². The fourth-order valence-corrected chi connectivity index (χ4v) is 2.39. The van der Waals surface area contributed by atoms with Crippen molar-refractivity contribution < 1.29 is 0 Å². The SMILES string of the molecule is Cc1cc2cc(Br)ccc2n1CCCCl. The molecule has 0 atom stereocenters. The van der Waals surface area contributed by atoms with E-state index in [0.29, 0.717) is 0 Å². The Hall–Kier alpha value is -0.470. The molecule has 3 heteroatoms. The summed E-state index contributed by atoms with van der Waals surface area (Å²) in [6.45, 7) is 3.14. The molecule has 15 heavy (non-hydrogen) atoms. The van der Waals surface area contributed by atoms with Gasteiger partial charge in [0.2, 0.25) is 0 Å². The summed E-state index contributed by atoms with van der Waals surface area (Å²) in [7, 11) is 0. The molecule has 0 unspecified atom stereocenters. The molecule has 1 nitrogen and oxygen atoms in total. The van der Waals surface area contributed by atoms with Crippen molar-refractivity contribution in [3.05, 3.63) is 34.4 Å². The van der Waals surface area contributed by atoms with Crippen LogP contribution in [0.2, 0.25) is 0 Å². The molecule has 0 fully saturated rings. The number of halogens is 2. The van der Waals surface area contributed by atoms with Crippen molar-refractivity contribution in [3.8, 4) is 0 Å². The molecule has 0 saturated carbocycles. The summed E-state index contributed by atoms with van der Waals surface area (Å²) in [4.78, 5) is 0. The number of hydrogen-bond acceptors (Lipinski definition) is 0. The Morgan fingerprint density at radius 2 is 2.13 bits per heavy atom. The van der Waals surface area contributed by atoms with E-state index < -0.39 is 0 Å². The van der Waals surface area contributed by atoms with Crippen LogP contribution in [0.4, 0.5) is 0 Å². The summed E-state index contributed by atoms with van der Waals surface area (Å²) in [5.74, 6) is 0.718. The number of hydrogen-bond donors (Lipinski definition) is 0. The third-order valence-corrected chi connectivity index (χ3v) is 3.35.